The van der Waals surface area contributed by atoms with E-state index in [1.807, 2.05) is 12.1 Å². The Morgan fingerprint density at radius 1 is 1.26 bits per heavy atom. The maximum absolute atomic E-state index is 12.0. The Morgan fingerprint density at radius 3 is 2.87 bits per heavy atom. The van der Waals surface area contributed by atoms with Crippen LogP contribution in [-0.4, -0.2) is 32.2 Å². The largest absolute Gasteiger partial charge is 0.486 e. The molecule has 3 rings (SSSR count). The van der Waals surface area contributed by atoms with E-state index in [1.54, 1.807) is 0 Å². The molecule has 0 saturated carbocycles. The molecular formula is C17H23ClN2O3. The fourth-order valence-corrected chi connectivity index (χ4v) is 3.35. The Hall–Kier alpha value is -1.46. The Morgan fingerprint density at radius 2 is 2.04 bits per heavy atom. The summed E-state index contributed by atoms with van der Waals surface area (Å²) in [4.78, 5) is 12.0. The quantitative estimate of drug-likeness (QED) is 0.866. The van der Waals surface area contributed by atoms with Crippen molar-refractivity contribution in [2.24, 2.45) is 5.92 Å². The van der Waals surface area contributed by atoms with Gasteiger partial charge in [-0.15, -0.1) is 0 Å². The number of fused-ring (bicyclic) bond motifs is 1. The zero-order chi connectivity index (χ0) is 16.1. The molecule has 6 heteroatoms. The first-order chi connectivity index (χ1) is 11.2. The third-order valence-corrected chi connectivity index (χ3v) is 4.67. The minimum absolute atomic E-state index is 0.0922. The number of rotatable bonds is 5. The summed E-state index contributed by atoms with van der Waals surface area (Å²) in [7, 11) is 0. The van der Waals surface area contributed by atoms with Gasteiger partial charge in [-0.05, 0) is 56.0 Å². The average Bonchev–Trinajstić information content (AvgIpc) is 2.59. The molecule has 0 radical (unpaired) electrons. The molecule has 0 unspecified atom stereocenters. The predicted octanol–water partition coefficient (Wildman–Crippen LogP) is 2.51. The number of hydrogen-bond donors (Lipinski definition) is 2. The van der Waals surface area contributed by atoms with E-state index in [0.29, 0.717) is 48.6 Å². The molecular weight excluding hydrogens is 316 g/mol. The van der Waals surface area contributed by atoms with Crippen LogP contribution in [0.1, 0.15) is 31.2 Å². The first-order valence-electron chi connectivity index (χ1n) is 8.28. The van der Waals surface area contributed by atoms with Gasteiger partial charge in [-0.25, -0.2) is 0 Å². The molecule has 126 valence electrons. The van der Waals surface area contributed by atoms with E-state index in [1.165, 1.54) is 12.8 Å². The maximum atomic E-state index is 12.0. The van der Waals surface area contributed by atoms with Crippen LogP contribution in [0.4, 0.5) is 0 Å². The number of amides is 1. The van der Waals surface area contributed by atoms with Gasteiger partial charge in [0.1, 0.15) is 13.2 Å². The molecule has 23 heavy (non-hydrogen) atoms. The average molecular weight is 339 g/mol. The second-order valence-electron chi connectivity index (χ2n) is 6.11. The van der Waals surface area contributed by atoms with E-state index in [-0.39, 0.29) is 5.91 Å². The number of hydrogen-bond acceptors (Lipinski definition) is 4. The maximum Gasteiger partial charge on any atom is 0.220 e. The second-order valence-corrected chi connectivity index (χ2v) is 6.52. The van der Waals surface area contributed by atoms with Gasteiger partial charge in [0.05, 0.1) is 5.02 Å². The highest BCUT2D eigenvalue weighted by Gasteiger charge is 2.17. The molecule has 0 atom stereocenters. The fraction of sp³-hybridized carbons (Fsp3) is 0.588. The first-order valence-corrected chi connectivity index (χ1v) is 8.65. The van der Waals surface area contributed by atoms with Crippen molar-refractivity contribution in [1.82, 2.24) is 10.6 Å². The molecule has 5 nitrogen and oxygen atoms in total. The lowest BCUT2D eigenvalue weighted by atomic mass is 9.93. The molecule has 1 fully saturated rings. The van der Waals surface area contributed by atoms with Gasteiger partial charge in [0, 0.05) is 13.0 Å². The summed E-state index contributed by atoms with van der Waals surface area (Å²) in [6.45, 7) is 3.64. The normalized spacial score (nSPS) is 17.8. The lowest BCUT2D eigenvalue weighted by Crippen LogP contribution is -2.29. The molecule has 1 saturated heterocycles. The number of ether oxygens (including phenoxy) is 2. The molecule has 0 aliphatic carbocycles. The van der Waals surface area contributed by atoms with Crippen molar-refractivity contribution in [3.8, 4) is 11.5 Å². The van der Waals surface area contributed by atoms with Crippen molar-refractivity contribution in [3.63, 3.8) is 0 Å². The van der Waals surface area contributed by atoms with Crippen LogP contribution in [-0.2, 0) is 11.3 Å². The number of piperidine rings is 1. The van der Waals surface area contributed by atoms with Gasteiger partial charge >= 0.3 is 0 Å². The van der Waals surface area contributed by atoms with Gasteiger partial charge < -0.3 is 20.1 Å². The van der Waals surface area contributed by atoms with E-state index in [2.05, 4.69) is 10.6 Å². The molecule has 2 aliphatic heterocycles. The highest BCUT2D eigenvalue weighted by atomic mass is 35.5. The standard InChI is InChI=1S/C17H23ClN2O3/c18-14-9-13(10-15-17(14)23-8-7-22-15)11-20-16(21)2-1-12-3-5-19-6-4-12/h9-10,12,19H,1-8,11H2,(H,20,21). The van der Waals surface area contributed by atoms with Crippen molar-refractivity contribution in [1.29, 1.82) is 0 Å². The van der Waals surface area contributed by atoms with Crippen LogP contribution < -0.4 is 20.1 Å². The fourth-order valence-electron chi connectivity index (χ4n) is 3.06. The molecule has 2 N–H and O–H groups in total. The van der Waals surface area contributed by atoms with Crippen molar-refractivity contribution < 1.29 is 14.3 Å². The van der Waals surface area contributed by atoms with Crippen LogP contribution >= 0.6 is 11.6 Å². The topological polar surface area (TPSA) is 59.6 Å². The van der Waals surface area contributed by atoms with Gasteiger partial charge in [0.2, 0.25) is 5.91 Å². The Balaban J connectivity index is 1.47. The van der Waals surface area contributed by atoms with Gasteiger partial charge in [0.15, 0.2) is 11.5 Å². The molecule has 1 aromatic carbocycles. The van der Waals surface area contributed by atoms with Crippen LogP contribution in [0, 0.1) is 5.92 Å². The highest BCUT2D eigenvalue weighted by molar-refractivity contribution is 6.32. The van der Waals surface area contributed by atoms with Crippen molar-refractivity contribution in [3.05, 3.63) is 22.7 Å². The third kappa shape index (κ3) is 4.52. The lowest BCUT2D eigenvalue weighted by Gasteiger charge is -2.22. The van der Waals surface area contributed by atoms with E-state index < -0.39 is 0 Å². The predicted molar refractivity (Wildman–Crippen MR) is 89.1 cm³/mol. The molecule has 0 bridgehead atoms. The monoisotopic (exact) mass is 338 g/mol. The Kier molecular flexibility index (Phi) is 5.62. The van der Waals surface area contributed by atoms with E-state index in [4.69, 9.17) is 21.1 Å². The number of benzene rings is 1. The summed E-state index contributed by atoms with van der Waals surface area (Å²) < 4.78 is 11.0. The lowest BCUT2D eigenvalue weighted by molar-refractivity contribution is -0.121. The smallest absolute Gasteiger partial charge is 0.220 e. The van der Waals surface area contributed by atoms with Gasteiger partial charge in [-0.2, -0.15) is 0 Å². The first kappa shape index (κ1) is 16.4. The molecule has 0 spiro atoms. The number of halogens is 1. The van der Waals surface area contributed by atoms with Gasteiger partial charge in [-0.1, -0.05) is 11.6 Å². The van der Waals surface area contributed by atoms with Crippen LogP contribution in [0.15, 0.2) is 12.1 Å². The summed E-state index contributed by atoms with van der Waals surface area (Å²) in [5.74, 6) is 2.02. The second kappa shape index (κ2) is 7.88. The van der Waals surface area contributed by atoms with Crippen LogP contribution in [0.25, 0.3) is 0 Å². The van der Waals surface area contributed by atoms with Crippen LogP contribution in [0.5, 0.6) is 11.5 Å². The molecule has 0 aromatic heterocycles. The highest BCUT2D eigenvalue weighted by Crippen LogP contribution is 2.38. The van der Waals surface area contributed by atoms with E-state index >= 15 is 0 Å². The minimum Gasteiger partial charge on any atom is -0.486 e. The number of carbonyl (C=O) groups is 1. The SMILES string of the molecule is O=C(CCC1CCNCC1)NCc1cc(Cl)c2c(c1)OCCO2. The van der Waals surface area contributed by atoms with E-state index in [9.17, 15) is 4.79 Å². The Bertz CT molecular complexity index is 559. The molecule has 1 aromatic rings. The molecule has 2 aliphatic rings. The van der Waals surface area contributed by atoms with Crippen molar-refractivity contribution >= 4 is 17.5 Å². The molecule has 2 heterocycles. The third-order valence-electron chi connectivity index (χ3n) is 4.38. The van der Waals surface area contributed by atoms with Gasteiger partial charge in [0.25, 0.3) is 0 Å². The summed E-state index contributed by atoms with van der Waals surface area (Å²) in [6.07, 6.45) is 3.90. The van der Waals surface area contributed by atoms with Crippen LogP contribution in [0.2, 0.25) is 5.02 Å². The van der Waals surface area contributed by atoms with Crippen molar-refractivity contribution in [2.45, 2.75) is 32.2 Å². The summed E-state index contributed by atoms with van der Waals surface area (Å²) >= 11 is 6.20. The number of nitrogens with one attached hydrogen (secondary N) is 2. The van der Waals surface area contributed by atoms with Crippen molar-refractivity contribution in [2.75, 3.05) is 26.3 Å². The summed E-state index contributed by atoms with van der Waals surface area (Å²) in [5, 5.41) is 6.84. The summed E-state index contributed by atoms with van der Waals surface area (Å²) in [5.41, 5.74) is 0.925. The molecule has 1 amide bonds. The number of carbonyl (C=O) groups excluding carboxylic acids is 1. The summed E-state index contributed by atoms with van der Waals surface area (Å²) in [6, 6.07) is 3.70. The minimum atomic E-state index is 0.0922. The zero-order valence-electron chi connectivity index (χ0n) is 13.2. The Labute approximate surface area is 141 Å². The van der Waals surface area contributed by atoms with Gasteiger partial charge in [-0.3, -0.25) is 4.79 Å². The van der Waals surface area contributed by atoms with E-state index in [0.717, 1.165) is 25.1 Å². The van der Waals surface area contributed by atoms with Crippen LogP contribution in [0.3, 0.4) is 0 Å². The zero-order valence-corrected chi connectivity index (χ0v) is 14.0.